The fourth-order valence-corrected chi connectivity index (χ4v) is 1.52. The fourth-order valence-electron chi connectivity index (χ4n) is 1.52. The zero-order chi connectivity index (χ0) is 12.8. The molecule has 92 valence electrons. The third kappa shape index (κ3) is 2.97. The van der Waals surface area contributed by atoms with Gasteiger partial charge in [0.25, 0.3) is 5.91 Å². The summed E-state index contributed by atoms with van der Waals surface area (Å²) in [6.45, 7) is 2.58. The van der Waals surface area contributed by atoms with Crippen LogP contribution in [0.2, 0.25) is 0 Å². The maximum Gasteiger partial charge on any atom is 0.275 e. The van der Waals surface area contributed by atoms with Crippen molar-refractivity contribution in [3.63, 3.8) is 0 Å². The number of amides is 1. The van der Waals surface area contributed by atoms with E-state index in [9.17, 15) is 4.79 Å². The molecule has 0 spiro atoms. The van der Waals surface area contributed by atoms with Gasteiger partial charge in [-0.1, -0.05) is 6.92 Å². The molecule has 6 heteroatoms. The molecular formula is C11H16N4O2. The summed E-state index contributed by atoms with van der Waals surface area (Å²) in [6, 6.07) is 3.55. The lowest BCUT2D eigenvalue weighted by atomic mass is 10.3. The minimum atomic E-state index is -0.243. The van der Waals surface area contributed by atoms with Crippen LogP contribution < -0.4 is 4.74 Å². The van der Waals surface area contributed by atoms with Gasteiger partial charge in [-0.05, 0) is 6.42 Å². The van der Waals surface area contributed by atoms with Crippen molar-refractivity contribution in [1.29, 1.82) is 5.26 Å². The molecular weight excluding hydrogens is 220 g/mol. The first-order chi connectivity index (χ1) is 8.13. The molecule has 0 bridgehead atoms. The monoisotopic (exact) mass is 236 g/mol. The van der Waals surface area contributed by atoms with Crippen LogP contribution in [0, 0.1) is 11.3 Å². The van der Waals surface area contributed by atoms with Crippen molar-refractivity contribution in [2.45, 2.75) is 13.3 Å². The normalized spacial score (nSPS) is 9.76. The van der Waals surface area contributed by atoms with Gasteiger partial charge >= 0.3 is 0 Å². The molecule has 0 aliphatic heterocycles. The minimum absolute atomic E-state index is 0.0750. The highest BCUT2D eigenvalue weighted by Crippen LogP contribution is 2.13. The number of carbonyl (C=O) groups is 1. The summed E-state index contributed by atoms with van der Waals surface area (Å²) in [4.78, 5) is 13.5. The van der Waals surface area contributed by atoms with Crippen LogP contribution in [0.5, 0.6) is 5.88 Å². The minimum Gasteiger partial charge on any atom is -0.481 e. The molecule has 1 heterocycles. The molecule has 0 saturated heterocycles. The molecule has 1 amide bonds. The Hall–Kier alpha value is -2.03. The Morgan fingerprint density at radius 3 is 2.88 bits per heavy atom. The smallest absolute Gasteiger partial charge is 0.275 e. The first-order valence-electron chi connectivity index (χ1n) is 5.38. The van der Waals surface area contributed by atoms with Crippen molar-refractivity contribution < 1.29 is 9.53 Å². The third-order valence-corrected chi connectivity index (χ3v) is 2.31. The molecule has 0 unspecified atom stereocenters. The number of carbonyl (C=O) groups excluding carboxylic acids is 1. The van der Waals surface area contributed by atoms with E-state index < -0.39 is 0 Å². The van der Waals surface area contributed by atoms with Crippen LogP contribution in [0.15, 0.2) is 6.07 Å². The summed E-state index contributed by atoms with van der Waals surface area (Å²) in [5.74, 6) is 0.272. The number of hydrogen-bond acceptors (Lipinski definition) is 4. The van der Waals surface area contributed by atoms with Gasteiger partial charge < -0.3 is 9.64 Å². The molecule has 6 nitrogen and oxygen atoms in total. The summed E-state index contributed by atoms with van der Waals surface area (Å²) in [7, 11) is 3.22. The number of aryl methyl sites for hydroxylation is 1. The third-order valence-electron chi connectivity index (χ3n) is 2.31. The van der Waals surface area contributed by atoms with Crippen LogP contribution in [0.25, 0.3) is 0 Å². The number of ether oxygens (including phenoxy) is 1. The van der Waals surface area contributed by atoms with E-state index in [1.165, 1.54) is 16.7 Å². The number of methoxy groups -OCH3 is 1. The Morgan fingerprint density at radius 2 is 2.41 bits per heavy atom. The van der Waals surface area contributed by atoms with Crippen molar-refractivity contribution in [1.82, 2.24) is 14.7 Å². The summed E-state index contributed by atoms with van der Waals surface area (Å²) >= 11 is 0. The molecule has 0 aliphatic carbocycles. The van der Waals surface area contributed by atoms with Crippen molar-refractivity contribution in [3.05, 3.63) is 11.8 Å². The van der Waals surface area contributed by atoms with Crippen LogP contribution >= 0.6 is 0 Å². The van der Waals surface area contributed by atoms with Crippen LogP contribution in [-0.2, 0) is 7.05 Å². The highest BCUT2D eigenvalue weighted by atomic mass is 16.5. The molecule has 0 saturated carbocycles. The number of rotatable bonds is 5. The van der Waals surface area contributed by atoms with Crippen LogP contribution in [-0.4, -0.2) is 40.8 Å². The summed E-state index contributed by atoms with van der Waals surface area (Å²) in [5, 5.41) is 12.7. The van der Waals surface area contributed by atoms with Crippen molar-refractivity contribution in [2.75, 3.05) is 20.2 Å². The number of nitrogens with zero attached hydrogens (tertiary/aromatic N) is 4. The Bertz CT molecular complexity index is 433. The molecule has 0 N–H and O–H groups in total. The topological polar surface area (TPSA) is 71.2 Å². The second-order valence-corrected chi connectivity index (χ2v) is 3.58. The average Bonchev–Trinajstić information content (AvgIpc) is 2.69. The molecule has 1 aromatic heterocycles. The summed E-state index contributed by atoms with van der Waals surface area (Å²) < 4.78 is 6.53. The van der Waals surface area contributed by atoms with Gasteiger partial charge in [-0.15, -0.1) is 0 Å². The van der Waals surface area contributed by atoms with Crippen LogP contribution in [0.1, 0.15) is 23.8 Å². The quantitative estimate of drug-likeness (QED) is 0.709. The van der Waals surface area contributed by atoms with Gasteiger partial charge in [-0.25, -0.2) is 4.68 Å². The first-order valence-corrected chi connectivity index (χ1v) is 5.38. The number of hydrogen-bond donors (Lipinski definition) is 0. The lowest BCUT2D eigenvalue weighted by Gasteiger charge is -2.16. The molecule has 1 rings (SSSR count). The zero-order valence-corrected chi connectivity index (χ0v) is 10.3. The molecule has 0 aromatic carbocycles. The molecule has 17 heavy (non-hydrogen) atoms. The van der Waals surface area contributed by atoms with Gasteiger partial charge in [-0.3, -0.25) is 4.79 Å². The van der Waals surface area contributed by atoms with E-state index in [1.54, 1.807) is 13.1 Å². The molecule has 0 fully saturated rings. The van der Waals surface area contributed by atoms with Gasteiger partial charge in [0.1, 0.15) is 6.54 Å². The highest BCUT2D eigenvalue weighted by Gasteiger charge is 2.19. The van der Waals surface area contributed by atoms with E-state index in [1.807, 2.05) is 13.0 Å². The largest absolute Gasteiger partial charge is 0.481 e. The van der Waals surface area contributed by atoms with Gasteiger partial charge in [0.15, 0.2) is 5.69 Å². The lowest BCUT2D eigenvalue weighted by Crippen LogP contribution is -2.32. The predicted molar refractivity (Wildman–Crippen MR) is 61.6 cm³/mol. The second-order valence-electron chi connectivity index (χ2n) is 3.58. The van der Waals surface area contributed by atoms with Crippen molar-refractivity contribution in [2.24, 2.45) is 7.05 Å². The van der Waals surface area contributed by atoms with Gasteiger partial charge in [0.2, 0.25) is 5.88 Å². The second kappa shape index (κ2) is 5.89. The van der Waals surface area contributed by atoms with Crippen LogP contribution in [0.4, 0.5) is 0 Å². The standard InChI is InChI=1S/C11H16N4O2/c1-4-6-15(7-5-12)11(16)9-8-10(17-3)14(2)13-9/h8H,4,6-7H2,1-3H3. The van der Waals surface area contributed by atoms with Gasteiger partial charge in [0.05, 0.1) is 13.2 Å². The van der Waals surface area contributed by atoms with E-state index in [0.29, 0.717) is 18.1 Å². The first kappa shape index (κ1) is 13.0. The maximum atomic E-state index is 12.0. The Labute approximate surface area is 100 Å². The molecule has 0 atom stereocenters. The van der Waals surface area contributed by atoms with E-state index in [-0.39, 0.29) is 12.5 Å². The predicted octanol–water partition coefficient (Wildman–Crippen LogP) is 0.804. The Kier molecular flexibility index (Phi) is 4.52. The number of aromatic nitrogens is 2. The fraction of sp³-hybridized carbons (Fsp3) is 0.545. The van der Waals surface area contributed by atoms with Gasteiger partial charge in [-0.2, -0.15) is 10.4 Å². The van der Waals surface area contributed by atoms with Crippen molar-refractivity contribution >= 4 is 5.91 Å². The lowest BCUT2D eigenvalue weighted by molar-refractivity contribution is 0.0769. The molecule has 0 aliphatic rings. The number of nitriles is 1. The van der Waals surface area contributed by atoms with E-state index in [2.05, 4.69) is 5.10 Å². The Balaban J connectivity index is 2.89. The van der Waals surface area contributed by atoms with E-state index in [0.717, 1.165) is 6.42 Å². The Morgan fingerprint density at radius 1 is 1.71 bits per heavy atom. The molecule has 0 radical (unpaired) electrons. The maximum absolute atomic E-state index is 12.0. The summed E-state index contributed by atoms with van der Waals surface area (Å²) in [5.41, 5.74) is 0.299. The SMILES string of the molecule is CCCN(CC#N)C(=O)c1cc(OC)n(C)n1. The van der Waals surface area contributed by atoms with Gasteiger partial charge in [0, 0.05) is 19.7 Å². The molecule has 1 aromatic rings. The van der Waals surface area contributed by atoms with E-state index in [4.69, 9.17) is 10.00 Å². The average molecular weight is 236 g/mol. The van der Waals surface area contributed by atoms with Crippen molar-refractivity contribution in [3.8, 4) is 11.9 Å². The zero-order valence-electron chi connectivity index (χ0n) is 10.3. The van der Waals surface area contributed by atoms with Crippen LogP contribution in [0.3, 0.4) is 0 Å². The van der Waals surface area contributed by atoms with E-state index >= 15 is 0 Å². The highest BCUT2D eigenvalue weighted by molar-refractivity contribution is 5.92. The summed E-state index contributed by atoms with van der Waals surface area (Å²) in [6.07, 6.45) is 0.803.